The average molecular weight is 312 g/mol. The van der Waals surface area contributed by atoms with Gasteiger partial charge in [-0.15, -0.1) is 0 Å². The molecule has 0 saturated carbocycles. The van der Waals surface area contributed by atoms with E-state index in [0.717, 1.165) is 16.8 Å². The van der Waals surface area contributed by atoms with Crippen LogP contribution in [-0.4, -0.2) is 35.5 Å². The second-order valence-corrected chi connectivity index (χ2v) is 5.86. The fourth-order valence-corrected chi connectivity index (χ4v) is 2.88. The largest absolute Gasteiger partial charge is 0.370 e. The van der Waals surface area contributed by atoms with Gasteiger partial charge in [-0.05, 0) is 25.0 Å². The molecule has 1 aliphatic heterocycles. The minimum atomic E-state index is -0.245. The van der Waals surface area contributed by atoms with E-state index in [9.17, 15) is 9.59 Å². The normalized spacial score (nSPS) is 18.0. The van der Waals surface area contributed by atoms with Crippen LogP contribution in [0.15, 0.2) is 41.3 Å². The van der Waals surface area contributed by atoms with Crippen molar-refractivity contribution in [2.24, 2.45) is 0 Å². The summed E-state index contributed by atoms with van der Waals surface area (Å²) in [5.74, 6) is -0.242. The van der Waals surface area contributed by atoms with Crippen LogP contribution in [-0.2, 0) is 4.74 Å². The number of carbonyl (C=O) groups excluding carboxylic acids is 1. The Morgan fingerprint density at radius 2 is 2.09 bits per heavy atom. The molecule has 1 aromatic carbocycles. The summed E-state index contributed by atoms with van der Waals surface area (Å²) in [4.78, 5) is 29.3. The summed E-state index contributed by atoms with van der Waals surface area (Å²) in [6.07, 6.45) is 1.34. The first-order valence-corrected chi connectivity index (χ1v) is 7.72. The van der Waals surface area contributed by atoms with Crippen LogP contribution in [0.1, 0.15) is 33.3 Å². The smallest absolute Gasteiger partial charge is 0.259 e. The van der Waals surface area contributed by atoms with E-state index in [2.05, 4.69) is 4.98 Å². The lowest BCUT2D eigenvalue weighted by Crippen LogP contribution is -2.43. The SMILES string of the molecule is Cc1cc(=O)c(C(=O)N2CCO[C@@H](c3ccccc3C)C2)c[nH]1. The number of hydrogen-bond acceptors (Lipinski definition) is 3. The second kappa shape index (κ2) is 6.38. The highest BCUT2D eigenvalue weighted by atomic mass is 16.5. The van der Waals surface area contributed by atoms with Crippen molar-refractivity contribution < 1.29 is 9.53 Å². The summed E-state index contributed by atoms with van der Waals surface area (Å²) in [7, 11) is 0. The molecule has 2 aromatic rings. The third-order valence-electron chi connectivity index (χ3n) is 4.18. The molecule has 0 spiro atoms. The van der Waals surface area contributed by atoms with Crippen LogP contribution >= 0.6 is 0 Å². The van der Waals surface area contributed by atoms with E-state index in [0.29, 0.717) is 19.7 Å². The third-order valence-corrected chi connectivity index (χ3v) is 4.18. The van der Waals surface area contributed by atoms with Crippen LogP contribution in [0.25, 0.3) is 0 Å². The zero-order chi connectivity index (χ0) is 16.4. The number of aromatic amines is 1. The molecule has 23 heavy (non-hydrogen) atoms. The summed E-state index contributed by atoms with van der Waals surface area (Å²) in [5, 5.41) is 0. The zero-order valence-electron chi connectivity index (χ0n) is 13.3. The van der Waals surface area contributed by atoms with Crippen LogP contribution in [0.3, 0.4) is 0 Å². The van der Waals surface area contributed by atoms with Gasteiger partial charge in [-0.3, -0.25) is 9.59 Å². The van der Waals surface area contributed by atoms with E-state index in [1.807, 2.05) is 31.2 Å². The number of rotatable bonds is 2. The van der Waals surface area contributed by atoms with Crippen molar-refractivity contribution in [1.29, 1.82) is 0 Å². The Kier molecular flexibility index (Phi) is 4.30. The topological polar surface area (TPSA) is 62.4 Å². The number of nitrogens with zero attached hydrogens (tertiary/aromatic N) is 1. The fraction of sp³-hybridized carbons (Fsp3) is 0.333. The van der Waals surface area contributed by atoms with Crippen molar-refractivity contribution in [3.63, 3.8) is 0 Å². The first-order valence-electron chi connectivity index (χ1n) is 7.72. The molecular weight excluding hydrogens is 292 g/mol. The zero-order valence-corrected chi connectivity index (χ0v) is 13.3. The van der Waals surface area contributed by atoms with Gasteiger partial charge in [0.15, 0.2) is 5.43 Å². The summed E-state index contributed by atoms with van der Waals surface area (Å²) in [6.45, 7) is 5.24. The Hall–Kier alpha value is -2.40. The lowest BCUT2D eigenvalue weighted by atomic mass is 10.0. The molecule has 0 aliphatic carbocycles. The number of pyridine rings is 1. The Labute approximate surface area is 134 Å². The molecule has 1 aliphatic rings. The predicted octanol–water partition coefficient (Wildman–Crippen LogP) is 2.21. The van der Waals surface area contributed by atoms with E-state index in [1.54, 1.807) is 11.8 Å². The van der Waals surface area contributed by atoms with Gasteiger partial charge in [0.25, 0.3) is 5.91 Å². The van der Waals surface area contributed by atoms with Gasteiger partial charge in [0.05, 0.1) is 13.2 Å². The summed E-state index contributed by atoms with van der Waals surface area (Å²) in [5.41, 5.74) is 2.90. The molecule has 1 amide bonds. The molecule has 1 aromatic heterocycles. The molecule has 1 fully saturated rings. The van der Waals surface area contributed by atoms with E-state index in [4.69, 9.17) is 4.74 Å². The van der Waals surface area contributed by atoms with Crippen LogP contribution < -0.4 is 5.43 Å². The maximum Gasteiger partial charge on any atom is 0.259 e. The number of hydrogen-bond donors (Lipinski definition) is 1. The standard InChI is InChI=1S/C18H20N2O3/c1-12-5-3-4-6-14(12)17-11-20(7-8-23-17)18(22)15-10-19-13(2)9-16(15)21/h3-6,9-10,17H,7-8,11H2,1-2H3,(H,19,21)/t17-/m1/s1. The number of aromatic nitrogens is 1. The highest BCUT2D eigenvalue weighted by molar-refractivity contribution is 5.93. The van der Waals surface area contributed by atoms with Crippen molar-refractivity contribution in [2.75, 3.05) is 19.7 Å². The number of morpholine rings is 1. The fourth-order valence-electron chi connectivity index (χ4n) is 2.88. The molecule has 120 valence electrons. The number of aryl methyl sites for hydroxylation is 2. The molecule has 2 heterocycles. The molecule has 1 atom stereocenters. The van der Waals surface area contributed by atoms with Crippen LogP contribution in [0.2, 0.25) is 0 Å². The van der Waals surface area contributed by atoms with Crippen LogP contribution in [0.5, 0.6) is 0 Å². The quantitative estimate of drug-likeness (QED) is 0.925. The monoisotopic (exact) mass is 312 g/mol. The third kappa shape index (κ3) is 3.19. The van der Waals surface area contributed by atoms with Gasteiger partial charge in [0, 0.05) is 24.5 Å². The summed E-state index contributed by atoms with van der Waals surface area (Å²) in [6, 6.07) is 9.46. The predicted molar refractivity (Wildman–Crippen MR) is 87.6 cm³/mol. The Balaban J connectivity index is 1.82. The first kappa shape index (κ1) is 15.5. The second-order valence-electron chi connectivity index (χ2n) is 5.86. The van der Waals surface area contributed by atoms with Crippen molar-refractivity contribution in [3.05, 3.63) is 69.1 Å². The first-order chi connectivity index (χ1) is 11.1. The number of H-pyrrole nitrogens is 1. The molecule has 3 rings (SSSR count). The van der Waals surface area contributed by atoms with Gasteiger partial charge in [-0.25, -0.2) is 0 Å². The van der Waals surface area contributed by atoms with Crippen LogP contribution in [0, 0.1) is 13.8 Å². The average Bonchev–Trinajstić information content (AvgIpc) is 2.55. The van der Waals surface area contributed by atoms with Gasteiger partial charge in [-0.2, -0.15) is 0 Å². The molecule has 1 N–H and O–H groups in total. The number of nitrogens with one attached hydrogen (secondary N) is 1. The van der Waals surface area contributed by atoms with Gasteiger partial charge < -0.3 is 14.6 Å². The number of ether oxygens (including phenoxy) is 1. The maximum atomic E-state index is 12.6. The van der Waals surface area contributed by atoms with Crippen molar-refractivity contribution in [1.82, 2.24) is 9.88 Å². The molecule has 0 unspecified atom stereocenters. The maximum absolute atomic E-state index is 12.6. The lowest BCUT2D eigenvalue weighted by Gasteiger charge is -2.33. The Morgan fingerprint density at radius 3 is 2.83 bits per heavy atom. The number of benzene rings is 1. The minimum Gasteiger partial charge on any atom is -0.370 e. The highest BCUT2D eigenvalue weighted by Crippen LogP contribution is 2.25. The molecule has 0 bridgehead atoms. The van der Waals surface area contributed by atoms with Gasteiger partial charge >= 0.3 is 0 Å². The van der Waals surface area contributed by atoms with Crippen molar-refractivity contribution >= 4 is 5.91 Å². The number of amides is 1. The van der Waals surface area contributed by atoms with E-state index in [1.165, 1.54) is 12.3 Å². The summed E-state index contributed by atoms with van der Waals surface area (Å²) < 4.78 is 5.83. The molecule has 5 heteroatoms. The van der Waals surface area contributed by atoms with Crippen LogP contribution in [0.4, 0.5) is 0 Å². The van der Waals surface area contributed by atoms with Crippen molar-refractivity contribution in [2.45, 2.75) is 20.0 Å². The molecular formula is C18H20N2O3. The summed E-state index contributed by atoms with van der Waals surface area (Å²) >= 11 is 0. The van der Waals surface area contributed by atoms with E-state index in [-0.39, 0.29) is 23.0 Å². The van der Waals surface area contributed by atoms with Gasteiger partial charge in [-0.1, -0.05) is 24.3 Å². The molecule has 0 radical (unpaired) electrons. The number of carbonyl (C=O) groups is 1. The van der Waals surface area contributed by atoms with Gasteiger partial charge in [0.1, 0.15) is 11.7 Å². The Morgan fingerprint density at radius 1 is 1.30 bits per heavy atom. The minimum absolute atomic E-state index is 0.154. The Bertz CT molecular complexity index is 782. The highest BCUT2D eigenvalue weighted by Gasteiger charge is 2.27. The molecule has 5 nitrogen and oxygen atoms in total. The van der Waals surface area contributed by atoms with Crippen molar-refractivity contribution in [3.8, 4) is 0 Å². The van der Waals surface area contributed by atoms with Gasteiger partial charge in [0.2, 0.25) is 0 Å². The van der Waals surface area contributed by atoms with E-state index >= 15 is 0 Å². The van der Waals surface area contributed by atoms with E-state index < -0.39 is 0 Å². The molecule has 1 saturated heterocycles. The lowest BCUT2D eigenvalue weighted by molar-refractivity contribution is -0.0231.